The van der Waals surface area contributed by atoms with Crippen LogP contribution in [0.15, 0.2) is 15.6 Å². The van der Waals surface area contributed by atoms with Gasteiger partial charge in [0.05, 0.1) is 17.5 Å². The number of rotatable bonds is 1. The molecule has 1 unspecified atom stereocenters. The van der Waals surface area contributed by atoms with E-state index in [9.17, 15) is 4.79 Å². The quantitative estimate of drug-likeness (QED) is 0.638. The molecule has 0 amide bonds. The molecule has 3 nitrogen and oxygen atoms in total. The fraction of sp³-hybridized carbons (Fsp3) is 0.556. The molecule has 0 aromatic rings. The van der Waals surface area contributed by atoms with Crippen LogP contribution in [-0.4, -0.2) is 28.4 Å². The van der Waals surface area contributed by atoms with E-state index in [0.717, 1.165) is 22.3 Å². The Morgan fingerprint density at radius 3 is 2.92 bits per heavy atom. The number of hydrogen-bond donors (Lipinski definition) is 0. The summed E-state index contributed by atoms with van der Waals surface area (Å²) < 4.78 is 0. The molecule has 0 radical (unpaired) electrons. The van der Waals surface area contributed by atoms with Crippen LogP contribution in [0.1, 0.15) is 20.8 Å². The number of carbonyl (C=O) groups excluding carboxylic acids is 1. The molecule has 13 heavy (non-hydrogen) atoms. The second-order valence-corrected chi connectivity index (χ2v) is 4.39. The Morgan fingerprint density at radius 1 is 1.69 bits per heavy atom. The Bertz CT molecular complexity index is 333. The summed E-state index contributed by atoms with van der Waals surface area (Å²) in [5, 5.41) is 0.996. The molecular formula is C9H12N2OS. The topological polar surface area (TPSA) is 32.7 Å². The lowest BCUT2D eigenvalue weighted by Crippen LogP contribution is -2.28. The zero-order valence-corrected chi connectivity index (χ0v) is 8.81. The van der Waals surface area contributed by atoms with E-state index in [1.54, 1.807) is 6.92 Å². The lowest BCUT2D eigenvalue weighted by molar-refractivity contribution is -0.113. The summed E-state index contributed by atoms with van der Waals surface area (Å²) in [7, 11) is 0. The summed E-state index contributed by atoms with van der Waals surface area (Å²) in [5.41, 5.74) is 1.07. The molecule has 0 spiro atoms. The van der Waals surface area contributed by atoms with Gasteiger partial charge in [0.1, 0.15) is 0 Å². The molecular weight excluding hydrogens is 184 g/mol. The van der Waals surface area contributed by atoms with Gasteiger partial charge < -0.3 is 4.90 Å². The fourth-order valence-corrected chi connectivity index (χ4v) is 2.84. The van der Waals surface area contributed by atoms with E-state index in [1.165, 1.54) is 11.8 Å². The largest absolute Gasteiger partial charge is 0.319 e. The van der Waals surface area contributed by atoms with Crippen molar-refractivity contribution in [2.75, 3.05) is 6.54 Å². The summed E-state index contributed by atoms with van der Waals surface area (Å²) in [6.07, 6.45) is 0. The van der Waals surface area contributed by atoms with Gasteiger partial charge in [0.2, 0.25) is 0 Å². The van der Waals surface area contributed by atoms with Crippen molar-refractivity contribution >= 4 is 22.7 Å². The van der Waals surface area contributed by atoms with Gasteiger partial charge in [-0.3, -0.25) is 9.79 Å². The number of allylic oxidation sites excluding steroid dienone is 2. The average molecular weight is 196 g/mol. The van der Waals surface area contributed by atoms with Gasteiger partial charge >= 0.3 is 0 Å². The van der Waals surface area contributed by atoms with Crippen molar-refractivity contribution in [2.45, 2.75) is 26.8 Å². The minimum absolute atomic E-state index is 0.145. The lowest BCUT2D eigenvalue weighted by atomic mass is 10.2. The highest BCUT2D eigenvalue weighted by atomic mass is 32.2. The summed E-state index contributed by atoms with van der Waals surface area (Å²) in [6.45, 7) is 6.59. The van der Waals surface area contributed by atoms with Crippen LogP contribution in [0.25, 0.3) is 0 Å². The number of ketones is 1. The first-order valence-electron chi connectivity index (χ1n) is 4.34. The van der Waals surface area contributed by atoms with Crippen molar-refractivity contribution in [3.63, 3.8) is 0 Å². The molecule has 0 aromatic carbocycles. The fourth-order valence-electron chi connectivity index (χ4n) is 1.71. The van der Waals surface area contributed by atoms with Gasteiger partial charge in [-0.05, 0) is 32.5 Å². The maximum absolute atomic E-state index is 11.2. The normalized spacial score (nSPS) is 26.5. The van der Waals surface area contributed by atoms with Crippen molar-refractivity contribution in [3.8, 4) is 0 Å². The Balaban J connectivity index is 2.36. The number of carbonyl (C=O) groups is 1. The Kier molecular flexibility index (Phi) is 1.95. The van der Waals surface area contributed by atoms with E-state index in [2.05, 4.69) is 16.8 Å². The SMILES string of the molecule is CC(=O)C1=C(C)N2C(=NCC2C)S1. The minimum atomic E-state index is 0.145. The molecule has 4 heteroatoms. The predicted octanol–water partition coefficient (Wildman–Crippen LogP) is 1.61. The van der Waals surface area contributed by atoms with Crippen LogP contribution in [0, 0.1) is 0 Å². The molecule has 0 N–H and O–H groups in total. The molecule has 0 bridgehead atoms. The van der Waals surface area contributed by atoms with Crippen LogP contribution in [0.5, 0.6) is 0 Å². The maximum Gasteiger partial charge on any atom is 0.168 e. The van der Waals surface area contributed by atoms with Crippen molar-refractivity contribution < 1.29 is 4.79 Å². The van der Waals surface area contributed by atoms with Crippen LogP contribution < -0.4 is 0 Å². The zero-order valence-electron chi connectivity index (χ0n) is 8.00. The average Bonchev–Trinajstić information content (AvgIpc) is 2.55. The number of thioether (sulfide) groups is 1. The van der Waals surface area contributed by atoms with E-state index in [4.69, 9.17) is 0 Å². The van der Waals surface area contributed by atoms with Gasteiger partial charge in [0.25, 0.3) is 0 Å². The number of Topliss-reactive ketones (excluding diaryl/α,β-unsaturated/α-hetero) is 1. The van der Waals surface area contributed by atoms with E-state index in [1.807, 2.05) is 6.92 Å². The van der Waals surface area contributed by atoms with Gasteiger partial charge in [-0.25, -0.2) is 0 Å². The molecule has 2 rings (SSSR count). The van der Waals surface area contributed by atoms with E-state index in [-0.39, 0.29) is 5.78 Å². The van der Waals surface area contributed by atoms with Gasteiger partial charge in [-0.15, -0.1) is 0 Å². The van der Waals surface area contributed by atoms with E-state index < -0.39 is 0 Å². The van der Waals surface area contributed by atoms with Gasteiger partial charge in [0.15, 0.2) is 11.0 Å². The first-order chi connectivity index (χ1) is 6.11. The molecule has 0 saturated heterocycles. The second-order valence-electron chi connectivity index (χ2n) is 3.42. The van der Waals surface area contributed by atoms with Crippen molar-refractivity contribution in [1.29, 1.82) is 0 Å². The predicted molar refractivity (Wildman–Crippen MR) is 54.6 cm³/mol. The van der Waals surface area contributed by atoms with Crippen LogP contribution in [-0.2, 0) is 4.79 Å². The van der Waals surface area contributed by atoms with Crippen molar-refractivity contribution in [1.82, 2.24) is 4.90 Å². The van der Waals surface area contributed by atoms with Crippen LogP contribution in [0.2, 0.25) is 0 Å². The van der Waals surface area contributed by atoms with Crippen LogP contribution >= 0.6 is 11.8 Å². The number of fused-ring (bicyclic) bond motifs is 1. The summed E-state index contributed by atoms with van der Waals surface area (Å²) in [6, 6.07) is 0.416. The molecule has 1 atom stereocenters. The number of aliphatic imine (C=N–C) groups is 1. The number of hydrogen-bond acceptors (Lipinski definition) is 4. The zero-order chi connectivity index (χ0) is 9.59. The van der Waals surface area contributed by atoms with E-state index >= 15 is 0 Å². The molecule has 0 saturated carbocycles. The highest BCUT2D eigenvalue weighted by Crippen LogP contribution is 2.38. The molecule has 0 aliphatic carbocycles. The molecule has 0 aromatic heterocycles. The van der Waals surface area contributed by atoms with Gasteiger partial charge in [0, 0.05) is 5.70 Å². The molecule has 2 heterocycles. The minimum Gasteiger partial charge on any atom is -0.319 e. The molecule has 70 valence electrons. The third-order valence-electron chi connectivity index (χ3n) is 2.34. The van der Waals surface area contributed by atoms with Crippen molar-refractivity contribution in [2.24, 2.45) is 4.99 Å². The Hall–Kier alpha value is -0.770. The van der Waals surface area contributed by atoms with Crippen LogP contribution in [0.4, 0.5) is 0 Å². The third-order valence-corrected chi connectivity index (χ3v) is 3.64. The summed E-state index contributed by atoms with van der Waals surface area (Å²) in [5.74, 6) is 0.145. The highest BCUT2D eigenvalue weighted by molar-refractivity contribution is 8.18. The number of nitrogens with zero attached hydrogens (tertiary/aromatic N) is 2. The smallest absolute Gasteiger partial charge is 0.168 e. The summed E-state index contributed by atoms with van der Waals surface area (Å²) >= 11 is 1.51. The van der Waals surface area contributed by atoms with E-state index in [0.29, 0.717) is 6.04 Å². The molecule has 2 aliphatic rings. The highest BCUT2D eigenvalue weighted by Gasteiger charge is 2.35. The molecule has 2 aliphatic heterocycles. The van der Waals surface area contributed by atoms with Crippen LogP contribution in [0.3, 0.4) is 0 Å². The van der Waals surface area contributed by atoms with Gasteiger partial charge in [-0.2, -0.15) is 0 Å². The summed E-state index contributed by atoms with van der Waals surface area (Å²) in [4.78, 5) is 18.6. The second kappa shape index (κ2) is 2.87. The van der Waals surface area contributed by atoms with Gasteiger partial charge in [-0.1, -0.05) is 0 Å². The maximum atomic E-state index is 11.2. The Morgan fingerprint density at radius 2 is 2.38 bits per heavy atom. The standard InChI is InChI=1S/C9H12N2OS/c1-5-4-10-9-11(5)6(2)8(13-9)7(3)12/h5H,4H2,1-3H3. The first-order valence-corrected chi connectivity index (χ1v) is 5.16. The Labute approximate surface area is 81.9 Å². The number of amidine groups is 1. The monoisotopic (exact) mass is 196 g/mol. The first kappa shape index (κ1) is 8.81. The third kappa shape index (κ3) is 1.20. The van der Waals surface area contributed by atoms with Crippen molar-refractivity contribution in [3.05, 3.63) is 10.6 Å². The lowest BCUT2D eigenvalue weighted by Gasteiger charge is -2.19. The molecule has 0 fully saturated rings.